The molecule has 1 aliphatic heterocycles. The van der Waals surface area contributed by atoms with Crippen molar-refractivity contribution >= 4 is 11.9 Å². The van der Waals surface area contributed by atoms with Gasteiger partial charge in [0.1, 0.15) is 5.75 Å². The van der Waals surface area contributed by atoms with Crippen molar-refractivity contribution in [1.29, 1.82) is 0 Å². The van der Waals surface area contributed by atoms with Crippen molar-refractivity contribution in [2.75, 3.05) is 57.8 Å². The minimum Gasteiger partial charge on any atom is -0.435 e. The molecule has 8 nitrogen and oxygen atoms in total. The number of guanidine groups is 1. The van der Waals surface area contributed by atoms with Gasteiger partial charge in [-0.25, -0.2) is 9.97 Å². The lowest BCUT2D eigenvalue weighted by Gasteiger charge is -2.34. The number of aromatic nitrogens is 2. The van der Waals surface area contributed by atoms with E-state index in [0.29, 0.717) is 13.1 Å². The third-order valence-corrected chi connectivity index (χ3v) is 5.15. The number of aliphatic imine (C=N–C) groups is 1. The molecule has 0 spiro atoms. The lowest BCUT2D eigenvalue weighted by molar-refractivity contribution is -0.0498. The number of alkyl halides is 2. The summed E-state index contributed by atoms with van der Waals surface area (Å²) in [6.45, 7) is 5.87. The number of ether oxygens (including phenoxy) is 1. The number of rotatable bonds is 9. The molecule has 0 aliphatic carbocycles. The summed E-state index contributed by atoms with van der Waals surface area (Å²) in [7, 11) is 1.96. The van der Waals surface area contributed by atoms with Crippen LogP contribution in [-0.4, -0.2) is 85.2 Å². The van der Waals surface area contributed by atoms with E-state index in [9.17, 15) is 8.78 Å². The van der Waals surface area contributed by atoms with Crippen molar-refractivity contribution < 1.29 is 13.5 Å². The fraction of sp³-hybridized carbons (Fsp3) is 0.500. The molecular weight excluding hydrogens is 416 g/mol. The highest BCUT2D eigenvalue weighted by Crippen LogP contribution is 2.16. The number of piperazine rings is 1. The van der Waals surface area contributed by atoms with Crippen LogP contribution in [0.5, 0.6) is 5.75 Å². The lowest BCUT2D eigenvalue weighted by Crippen LogP contribution is -2.47. The first-order valence-electron chi connectivity index (χ1n) is 10.8. The highest BCUT2D eigenvalue weighted by molar-refractivity contribution is 5.79. The Bertz CT molecular complexity index is 828. The predicted molar refractivity (Wildman–Crippen MR) is 121 cm³/mol. The Hall–Kier alpha value is -3.01. The van der Waals surface area contributed by atoms with E-state index in [0.717, 1.165) is 56.7 Å². The van der Waals surface area contributed by atoms with E-state index in [2.05, 4.69) is 29.8 Å². The highest BCUT2D eigenvalue weighted by Gasteiger charge is 2.18. The van der Waals surface area contributed by atoms with Crippen molar-refractivity contribution in [2.24, 2.45) is 4.99 Å². The minimum atomic E-state index is -2.81. The summed E-state index contributed by atoms with van der Waals surface area (Å²) in [5.74, 6) is 1.76. The van der Waals surface area contributed by atoms with Gasteiger partial charge in [-0.3, -0.25) is 9.89 Å². The maximum absolute atomic E-state index is 12.3. The topological polar surface area (TPSA) is 69.1 Å². The zero-order valence-corrected chi connectivity index (χ0v) is 18.6. The molecule has 1 aliphatic rings. The van der Waals surface area contributed by atoms with E-state index >= 15 is 0 Å². The van der Waals surface area contributed by atoms with Gasteiger partial charge in [0.15, 0.2) is 5.96 Å². The molecule has 1 N–H and O–H groups in total. The summed E-state index contributed by atoms with van der Waals surface area (Å²) in [6.07, 6.45) is 3.54. The monoisotopic (exact) mass is 447 g/mol. The first kappa shape index (κ1) is 23.6. The van der Waals surface area contributed by atoms with Crippen LogP contribution in [0.1, 0.15) is 12.5 Å². The third-order valence-electron chi connectivity index (χ3n) is 5.15. The first-order chi connectivity index (χ1) is 15.5. The van der Waals surface area contributed by atoms with E-state index in [1.54, 1.807) is 36.7 Å². The third kappa shape index (κ3) is 7.30. The second-order valence-electron chi connectivity index (χ2n) is 7.49. The summed E-state index contributed by atoms with van der Waals surface area (Å²) in [5.41, 5.74) is 0.985. The molecule has 0 radical (unpaired) electrons. The molecule has 2 heterocycles. The molecule has 1 aromatic heterocycles. The van der Waals surface area contributed by atoms with Gasteiger partial charge in [-0.15, -0.1) is 0 Å². The predicted octanol–water partition coefficient (Wildman–Crippen LogP) is 2.30. The van der Waals surface area contributed by atoms with E-state index in [-0.39, 0.29) is 5.75 Å². The van der Waals surface area contributed by atoms with E-state index in [1.807, 2.05) is 24.9 Å². The summed E-state index contributed by atoms with van der Waals surface area (Å²) >= 11 is 0. The van der Waals surface area contributed by atoms with E-state index in [1.165, 1.54) is 0 Å². The molecule has 1 fully saturated rings. The standard InChI is InChI=1S/C22H31F2N7O/c1-3-25-21(29(2)17-18-5-7-19(8-6-18)32-20(23)24)28-11-12-30-13-15-31(16-14-30)22-26-9-4-10-27-22/h4-10,20H,3,11-17H2,1-2H3,(H,25,28). The number of benzene rings is 1. The van der Waals surface area contributed by atoms with Crippen LogP contribution in [0, 0.1) is 0 Å². The van der Waals surface area contributed by atoms with Crippen LogP contribution >= 0.6 is 0 Å². The second-order valence-corrected chi connectivity index (χ2v) is 7.49. The number of nitrogens with zero attached hydrogens (tertiary/aromatic N) is 6. The molecule has 3 rings (SSSR count). The van der Waals surface area contributed by atoms with Gasteiger partial charge in [-0.2, -0.15) is 8.78 Å². The molecular formula is C22H31F2N7O. The van der Waals surface area contributed by atoms with Crippen LogP contribution in [0.15, 0.2) is 47.7 Å². The Morgan fingerprint density at radius 1 is 1.16 bits per heavy atom. The second kappa shape index (κ2) is 12.1. The molecule has 0 saturated carbocycles. The Morgan fingerprint density at radius 2 is 1.84 bits per heavy atom. The Labute approximate surface area is 187 Å². The van der Waals surface area contributed by atoms with Gasteiger partial charge in [-0.05, 0) is 30.7 Å². The average molecular weight is 448 g/mol. The molecule has 174 valence electrons. The van der Waals surface area contributed by atoms with Gasteiger partial charge in [-0.1, -0.05) is 12.1 Å². The zero-order chi connectivity index (χ0) is 22.8. The molecule has 2 aromatic rings. The SMILES string of the molecule is CCNC(=NCCN1CCN(c2ncccn2)CC1)N(C)Cc1ccc(OC(F)F)cc1. The number of nitrogens with one attached hydrogen (secondary N) is 1. The number of hydrogen-bond donors (Lipinski definition) is 1. The van der Waals surface area contributed by atoms with Gasteiger partial charge in [0.05, 0.1) is 6.54 Å². The van der Waals surface area contributed by atoms with Gasteiger partial charge in [0, 0.05) is 65.3 Å². The van der Waals surface area contributed by atoms with Crippen molar-refractivity contribution in [1.82, 2.24) is 25.1 Å². The van der Waals surface area contributed by atoms with Crippen molar-refractivity contribution in [2.45, 2.75) is 20.1 Å². The van der Waals surface area contributed by atoms with Gasteiger partial charge >= 0.3 is 6.61 Å². The summed E-state index contributed by atoms with van der Waals surface area (Å²) in [5, 5.41) is 3.32. The highest BCUT2D eigenvalue weighted by atomic mass is 19.3. The lowest BCUT2D eigenvalue weighted by atomic mass is 10.2. The Morgan fingerprint density at radius 3 is 2.47 bits per heavy atom. The fourth-order valence-corrected chi connectivity index (χ4v) is 3.52. The molecule has 0 atom stereocenters. The Balaban J connectivity index is 1.47. The van der Waals surface area contributed by atoms with Crippen LogP contribution in [0.4, 0.5) is 14.7 Å². The number of anilines is 1. The van der Waals surface area contributed by atoms with Crippen LogP contribution in [-0.2, 0) is 6.54 Å². The minimum absolute atomic E-state index is 0.158. The quantitative estimate of drug-likeness (QED) is 0.467. The van der Waals surface area contributed by atoms with Gasteiger partial charge in [0.2, 0.25) is 5.95 Å². The van der Waals surface area contributed by atoms with Crippen LogP contribution in [0.2, 0.25) is 0 Å². The van der Waals surface area contributed by atoms with E-state index < -0.39 is 6.61 Å². The van der Waals surface area contributed by atoms with Gasteiger partial charge in [0.25, 0.3) is 0 Å². The van der Waals surface area contributed by atoms with E-state index in [4.69, 9.17) is 4.99 Å². The van der Waals surface area contributed by atoms with Gasteiger partial charge < -0.3 is 19.9 Å². The molecule has 32 heavy (non-hydrogen) atoms. The van der Waals surface area contributed by atoms with Crippen LogP contribution in [0.25, 0.3) is 0 Å². The largest absolute Gasteiger partial charge is 0.435 e. The number of halogens is 2. The van der Waals surface area contributed by atoms with Crippen LogP contribution in [0.3, 0.4) is 0 Å². The molecule has 0 bridgehead atoms. The maximum Gasteiger partial charge on any atom is 0.387 e. The molecule has 10 heteroatoms. The fourth-order valence-electron chi connectivity index (χ4n) is 3.52. The van der Waals surface area contributed by atoms with Crippen molar-refractivity contribution in [3.05, 3.63) is 48.3 Å². The maximum atomic E-state index is 12.3. The molecule has 1 saturated heterocycles. The summed E-state index contributed by atoms with van der Waals surface area (Å²) in [6, 6.07) is 8.51. The average Bonchev–Trinajstić information content (AvgIpc) is 2.80. The first-order valence-corrected chi connectivity index (χ1v) is 10.8. The zero-order valence-electron chi connectivity index (χ0n) is 18.6. The van der Waals surface area contributed by atoms with Crippen LogP contribution < -0.4 is 15.0 Å². The Kier molecular flexibility index (Phi) is 8.97. The molecule has 0 amide bonds. The summed E-state index contributed by atoms with van der Waals surface area (Å²) in [4.78, 5) is 20.0. The van der Waals surface area contributed by atoms with Crippen molar-refractivity contribution in [3.63, 3.8) is 0 Å². The number of hydrogen-bond acceptors (Lipinski definition) is 6. The summed E-state index contributed by atoms with van der Waals surface area (Å²) < 4.78 is 29.0. The van der Waals surface area contributed by atoms with Crippen molar-refractivity contribution in [3.8, 4) is 5.75 Å². The molecule has 1 aromatic carbocycles. The molecule has 0 unspecified atom stereocenters. The smallest absolute Gasteiger partial charge is 0.387 e. The normalized spacial score (nSPS) is 15.2.